The van der Waals surface area contributed by atoms with Gasteiger partial charge in [-0.25, -0.2) is 9.59 Å². The Balaban J connectivity index is 2.70. The highest BCUT2D eigenvalue weighted by atomic mass is 16.4. The number of aromatic carboxylic acids is 2. The van der Waals surface area contributed by atoms with Gasteiger partial charge in [-0.05, 0) is 29.5 Å². The third-order valence-electron chi connectivity index (χ3n) is 2.83. The van der Waals surface area contributed by atoms with Gasteiger partial charge in [-0.15, -0.1) is 0 Å². The van der Waals surface area contributed by atoms with Gasteiger partial charge >= 0.3 is 11.9 Å². The predicted molar refractivity (Wildman–Crippen MR) is 52.5 cm³/mol. The maximum Gasteiger partial charge on any atom is 0.336 e. The summed E-state index contributed by atoms with van der Waals surface area (Å²) in [4.78, 5) is 21.9. The molecule has 1 aliphatic carbocycles. The Morgan fingerprint density at radius 1 is 1.27 bits per heavy atom. The second kappa shape index (κ2) is 3.08. The third kappa shape index (κ3) is 1.29. The highest BCUT2D eigenvalue weighted by molar-refractivity contribution is 5.99. The Morgan fingerprint density at radius 3 is 2.47 bits per heavy atom. The van der Waals surface area contributed by atoms with Crippen molar-refractivity contribution in [1.82, 2.24) is 0 Å². The van der Waals surface area contributed by atoms with E-state index in [4.69, 9.17) is 10.2 Å². The molecule has 2 N–H and O–H groups in total. The van der Waals surface area contributed by atoms with Gasteiger partial charge in [0.2, 0.25) is 0 Å². The number of benzene rings is 1. The van der Waals surface area contributed by atoms with Crippen LogP contribution in [0.4, 0.5) is 0 Å². The number of carboxylic acid groups (broad SMARTS) is 2. The molecule has 0 saturated carbocycles. The molecule has 0 fully saturated rings. The zero-order valence-corrected chi connectivity index (χ0v) is 8.15. The van der Waals surface area contributed by atoms with Gasteiger partial charge in [-0.2, -0.15) is 0 Å². The first kappa shape index (κ1) is 9.71. The van der Waals surface area contributed by atoms with Crippen LogP contribution < -0.4 is 0 Å². The van der Waals surface area contributed by atoms with Gasteiger partial charge in [-0.1, -0.05) is 13.0 Å². The first-order valence-electron chi connectivity index (χ1n) is 4.64. The summed E-state index contributed by atoms with van der Waals surface area (Å²) < 4.78 is 0. The smallest absolute Gasteiger partial charge is 0.336 e. The average Bonchev–Trinajstić information content (AvgIpc) is 2.36. The van der Waals surface area contributed by atoms with E-state index in [2.05, 4.69) is 0 Å². The van der Waals surface area contributed by atoms with Crippen LogP contribution in [0.3, 0.4) is 0 Å². The van der Waals surface area contributed by atoms with Gasteiger partial charge in [0, 0.05) is 0 Å². The van der Waals surface area contributed by atoms with E-state index >= 15 is 0 Å². The molecule has 1 aliphatic rings. The molecule has 1 atom stereocenters. The molecule has 2 rings (SSSR count). The zero-order valence-electron chi connectivity index (χ0n) is 8.15. The highest BCUT2D eigenvalue weighted by Crippen LogP contribution is 2.36. The average molecular weight is 206 g/mol. The normalized spacial score (nSPS) is 17.8. The van der Waals surface area contributed by atoms with Crippen LogP contribution in [-0.2, 0) is 6.42 Å². The first-order chi connectivity index (χ1) is 7.02. The van der Waals surface area contributed by atoms with Crippen LogP contribution in [0, 0.1) is 0 Å². The van der Waals surface area contributed by atoms with Crippen molar-refractivity contribution in [1.29, 1.82) is 0 Å². The van der Waals surface area contributed by atoms with E-state index in [0.29, 0.717) is 12.0 Å². The molecule has 4 nitrogen and oxygen atoms in total. The Labute approximate surface area is 86.2 Å². The summed E-state index contributed by atoms with van der Waals surface area (Å²) in [6.07, 6.45) is 0.506. The summed E-state index contributed by atoms with van der Waals surface area (Å²) in [5, 5.41) is 17.9. The van der Waals surface area contributed by atoms with Crippen LogP contribution in [-0.4, -0.2) is 22.2 Å². The predicted octanol–water partition coefficient (Wildman–Crippen LogP) is 1.74. The minimum Gasteiger partial charge on any atom is -0.478 e. The van der Waals surface area contributed by atoms with Crippen LogP contribution in [0.1, 0.15) is 44.7 Å². The van der Waals surface area contributed by atoms with Gasteiger partial charge < -0.3 is 10.2 Å². The van der Waals surface area contributed by atoms with Crippen LogP contribution in [0.25, 0.3) is 0 Å². The molecule has 0 radical (unpaired) electrons. The number of hydrogen-bond acceptors (Lipinski definition) is 2. The molecule has 15 heavy (non-hydrogen) atoms. The lowest BCUT2D eigenvalue weighted by Crippen LogP contribution is -2.06. The van der Waals surface area contributed by atoms with Crippen LogP contribution >= 0.6 is 0 Å². The molecule has 1 aromatic carbocycles. The van der Waals surface area contributed by atoms with Crippen molar-refractivity contribution in [2.24, 2.45) is 0 Å². The molecule has 0 aliphatic heterocycles. The fraction of sp³-hybridized carbons (Fsp3) is 0.273. The zero-order chi connectivity index (χ0) is 11.2. The third-order valence-corrected chi connectivity index (χ3v) is 2.83. The number of carboxylic acids is 2. The van der Waals surface area contributed by atoms with E-state index in [1.807, 2.05) is 6.92 Å². The number of rotatable bonds is 2. The summed E-state index contributed by atoms with van der Waals surface area (Å²) in [6, 6.07) is 3.09. The lowest BCUT2D eigenvalue weighted by molar-refractivity contribution is 0.0695. The number of fused-ring (bicyclic) bond motifs is 2. The van der Waals surface area contributed by atoms with Gasteiger partial charge in [0.1, 0.15) is 0 Å². The van der Waals surface area contributed by atoms with Crippen LogP contribution in [0.2, 0.25) is 0 Å². The van der Waals surface area contributed by atoms with Crippen molar-refractivity contribution < 1.29 is 19.8 Å². The fourth-order valence-electron chi connectivity index (χ4n) is 2.16. The second-order valence-electron chi connectivity index (χ2n) is 3.77. The SMILES string of the molecule is CC1Cc2c(C(=O)O)ccc1c2C(=O)O. The summed E-state index contributed by atoms with van der Waals surface area (Å²) in [5.41, 5.74) is 1.49. The molecule has 0 amide bonds. The van der Waals surface area contributed by atoms with Crippen molar-refractivity contribution in [2.75, 3.05) is 0 Å². The molecular weight excluding hydrogens is 196 g/mol. The highest BCUT2D eigenvalue weighted by Gasteiger charge is 2.31. The number of carbonyl (C=O) groups is 2. The minimum atomic E-state index is -1.06. The molecule has 78 valence electrons. The van der Waals surface area contributed by atoms with Crippen molar-refractivity contribution in [2.45, 2.75) is 19.3 Å². The molecule has 0 saturated heterocycles. The molecule has 0 spiro atoms. The van der Waals surface area contributed by atoms with E-state index in [1.165, 1.54) is 6.07 Å². The van der Waals surface area contributed by atoms with E-state index < -0.39 is 11.9 Å². The Morgan fingerprint density at radius 2 is 1.93 bits per heavy atom. The van der Waals surface area contributed by atoms with E-state index in [1.54, 1.807) is 6.07 Å². The topological polar surface area (TPSA) is 74.6 Å². The van der Waals surface area contributed by atoms with Crippen molar-refractivity contribution in [3.63, 3.8) is 0 Å². The minimum absolute atomic E-state index is 0.0965. The Hall–Kier alpha value is -1.84. The van der Waals surface area contributed by atoms with Crippen molar-refractivity contribution in [3.8, 4) is 0 Å². The maximum absolute atomic E-state index is 11.0. The van der Waals surface area contributed by atoms with Gasteiger partial charge in [-0.3, -0.25) is 0 Å². The van der Waals surface area contributed by atoms with Crippen molar-refractivity contribution >= 4 is 11.9 Å². The van der Waals surface area contributed by atoms with Crippen LogP contribution in [0.15, 0.2) is 12.1 Å². The maximum atomic E-state index is 11.0. The Bertz CT molecular complexity index is 462. The molecule has 0 heterocycles. The quantitative estimate of drug-likeness (QED) is 0.772. The molecular formula is C11H10O4. The first-order valence-corrected chi connectivity index (χ1v) is 4.64. The van der Waals surface area contributed by atoms with Gasteiger partial charge in [0.05, 0.1) is 11.1 Å². The van der Waals surface area contributed by atoms with Crippen LogP contribution in [0.5, 0.6) is 0 Å². The Kier molecular flexibility index (Phi) is 2.00. The van der Waals surface area contributed by atoms with E-state index in [9.17, 15) is 9.59 Å². The standard InChI is InChI=1S/C11H10O4/c1-5-4-8-7(10(12)13)3-2-6(5)9(8)11(14)15/h2-3,5H,4H2,1H3,(H,12,13)(H,14,15). The summed E-state index contributed by atoms with van der Waals surface area (Å²) in [5.74, 6) is -2.00. The van der Waals surface area contributed by atoms with E-state index in [0.717, 1.165) is 5.56 Å². The van der Waals surface area contributed by atoms with Crippen molar-refractivity contribution in [3.05, 3.63) is 34.4 Å². The monoisotopic (exact) mass is 206 g/mol. The largest absolute Gasteiger partial charge is 0.478 e. The molecule has 2 bridgehead atoms. The number of hydrogen-bond donors (Lipinski definition) is 2. The fourth-order valence-corrected chi connectivity index (χ4v) is 2.16. The summed E-state index contributed by atoms with van der Waals surface area (Å²) in [7, 11) is 0. The lowest BCUT2D eigenvalue weighted by Gasteiger charge is -2.03. The molecule has 0 aromatic heterocycles. The van der Waals surface area contributed by atoms with Gasteiger partial charge in [0.15, 0.2) is 0 Å². The second-order valence-corrected chi connectivity index (χ2v) is 3.77. The molecule has 1 aromatic rings. The van der Waals surface area contributed by atoms with E-state index in [-0.39, 0.29) is 17.0 Å². The van der Waals surface area contributed by atoms with Gasteiger partial charge in [0.25, 0.3) is 0 Å². The summed E-state index contributed by atoms with van der Waals surface area (Å²) >= 11 is 0. The molecule has 1 unspecified atom stereocenters. The molecule has 4 heteroatoms. The summed E-state index contributed by atoms with van der Waals surface area (Å²) in [6.45, 7) is 1.90. The lowest BCUT2D eigenvalue weighted by atomic mass is 10.0.